The minimum absolute atomic E-state index is 0.315. The second-order valence-electron chi connectivity index (χ2n) is 4.21. The summed E-state index contributed by atoms with van der Waals surface area (Å²) in [6.07, 6.45) is 1.53. The monoisotopic (exact) mass is 285 g/mol. The molecule has 0 atom stereocenters. The average molecular weight is 285 g/mol. The number of hydrogen-bond acceptors (Lipinski definition) is 5. The van der Waals surface area contributed by atoms with Gasteiger partial charge in [0.05, 0.1) is 12.9 Å². The van der Waals surface area contributed by atoms with E-state index in [9.17, 15) is 4.39 Å². The molecule has 0 aliphatic rings. The number of halogens is 1. The highest BCUT2D eigenvalue weighted by Gasteiger charge is 2.15. The zero-order valence-electron chi connectivity index (χ0n) is 11.3. The zero-order chi connectivity index (χ0) is 14.7. The van der Waals surface area contributed by atoms with Crippen LogP contribution in [-0.2, 0) is 0 Å². The molecular formula is C15H12FN3O2. The molecule has 106 valence electrons. The number of hydrogen-bond donors (Lipinski definition) is 0. The van der Waals surface area contributed by atoms with Crippen molar-refractivity contribution in [2.75, 3.05) is 6.61 Å². The normalized spacial score (nSPS) is 10.6. The number of aromatic nitrogens is 3. The van der Waals surface area contributed by atoms with Crippen LogP contribution in [0.1, 0.15) is 6.92 Å². The first kappa shape index (κ1) is 13.2. The highest BCUT2D eigenvalue weighted by molar-refractivity contribution is 5.64. The van der Waals surface area contributed by atoms with Crippen LogP contribution >= 0.6 is 0 Å². The number of benzene rings is 1. The molecule has 1 aromatic carbocycles. The van der Waals surface area contributed by atoms with Gasteiger partial charge in [0, 0.05) is 5.56 Å². The van der Waals surface area contributed by atoms with Gasteiger partial charge in [0.1, 0.15) is 5.82 Å². The van der Waals surface area contributed by atoms with Crippen LogP contribution in [-0.4, -0.2) is 21.8 Å². The van der Waals surface area contributed by atoms with Crippen molar-refractivity contribution < 1.29 is 13.5 Å². The molecule has 2 aromatic heterocycles. The topological polar surface area (TPSA) is 61.0 Å². The average Bonchev–Trinajstić information content (AvgIpc) is 3.03. The van der Waals surface area contributed by atoms with Crippen LogP contribution in [0.4, 0.5) is 4.39 Å². The maximum atomic E-state index is 13.0. The molecule has 21 heavy (non-hydrogen) atoms. The van der Waals surface area contributed by atoms with Crippen molar-refractivity contribution >= 4 is 0 Å². The highest BCUT2D eigenvalue weighted by Crippen LogP contribution is 2.27. The second-order valence-corrected chi connectivity index (χ2v) is 4.21. The predicted octanol–water partition coefficient (Wildman–Crippen LogP) is 3.34. The lowest BCUT2D eigenvalue weighted by Crippen LogP contribution is -2.03. The molecule has 2 heterocycles. The van der Waals surface area contributed by atoms with Gasteiger partial charge >= 0.3 is 0 Å². The Balaban J connectivity index is 2.06. The van der Waals surface area contributed by atoms with E-state index in [0.717, 1.165) is 0 Å². The van der Waals surface area contributed by atoms with E-state index in [2.05, 4.69) is 15.2 Å². The number of rotatable bonds is 4. The summed E-state index contributed by atoms with van der Waals surface area (Å²) in [6, 6.07) is 9.41. The van der Waals surface area contributed by atoms with Crippen LogP contribution in [0.3, 0.4) is 0 Å². The zero-order valence-corrected chi connectivity index (χ0v) is 11.3. The van der Waals surface area contributed by atoms with Gasteiger partial charge in [-0.1, -0.05) is 0 Å². The minimum Gasteiger partial charge on any atom is -0.476 e. The van der Waals surface area contributed by atoms with Gasteiger partial charge in [-0.05, 0) is 43.3 Å². The van der Waals surface area contributed by atoms with Gasteiger partial charge < -0.3 is 9.15 Å². The molecule has 0 amide bonds. The molecule has 0 radical (unpaired) electrons. The molecule has 3 rings (SSSR count). The Bertz CT molecular complexity index is 727. The summed E-state index contributed by atoms with van der Waals surface area (Å²) in [7, 11) is 0. The van der Waals surface area contributed by atoms with Crippen molar-refractivity contribution in [2.45, 2.75) is 6.92 Å². The SMILES string of the molecule is CCOc1nc(-c2ccco2)nnc1-c1ccc(F)cc1. The van der Waals surface area contributed by atoms with E-state index in [1.807, 2.05) is 6.92 Å². The largest absolute Gasteiger partial charge is 0.476 e. The summed E-state index contributed by atoms with van der Waals surface area (Å²) in [5.74, 6) is 0.874. The first-order valence-corrected chi connectivity index (χ1v) is 6.45. The third-order valence-corrected chi connectivity index (χ3v) is 2.80. The second kappa shape index (κ2) is 5.70. The fourth-order valence-corrected chi connectivity index (χ4v) is 1.85. The van der Waals surface area contributed by atoms with E-state index in [1.54, 1.807) is 24.3 Å². The molecular weight excluding hydrogens is 273 g/mol. The van der Waals surface area contributed by atoms with E-state index in [4.69, 9.17) is 9.15 Å². The Morgan fingerprint density at radius 2 is 1.95 bits per heavy atom. The smallest absolute Gasteiger partial charge is 0.244 e. The maximum Gasteiger partial charge on any atom is 0.244 e. The standard InChI is InChI=1S/C15H12FN3O2/c1-2-20-15-13(10-5-7-11(16)8-6-10)18-19-14(17-15)12-4-3-9-21-12/h3-9H,2H2,1H3. The van der Waals surface area contributed by atoms with E-state index >= 15 is 0 Å². The first-order chi connectivity index (χ1) is 10.3. The Kier molecular flexibility index (Phi) is 3.59. The lowest BCUT2D eigenvalue weighted by molar-refractivity contribution is 0.326. The molecule has 5 nitrogen and oxygen atoms in total. The summed E-state index contributed by atoms with van der Waals surface area (Å²) in [5.41, 5.74) is 1.15. The van der Waals surface area contributed by atoms with E-state index in [-0.39, 0.29) is 5.82 Å². The lowest BCUT2D eigenvalue weighted by Gasteiger charge is -2.08. The highest BCUT2D eigenvalue weighted by atomic mass is 19.1. The molecule has 0 fully saturated rings. The molecule has 6 heteroatoms. The number of nitrogens with zero attached hydrogens (tertiary/aromatic N) is 3. The van der Waals surface area contributed by atoms with Crippen LogP contribution < -0.4 is 4.74 Å². The quantitative estimate of drug-likeness (QED) is 0.735. The molecule has 0 aliphatic carbocycles. The lowest BCUT2D eigenvalue weighted by atomic mass is 10.1. The van der Waals surface area contributed by atoms with Gasteiger partial charge in [-0.2, -0.15) is 4.98 Å². The Labute approximate surface area is 120 Å². The molecule has 0 saturated heterocycles. The van der Waals surface area contributed by atoms with Crippen LogP contribution in [0, 0.1) is 5.82 Å². The van der Waals surface area contributed by atoms with Gasteiger partial charge in [-0.3, -0.25) is 0 Å². The van der Waals surface area contributed by atoms with Crippen molar-refractivity contribution in [1.29, 1.82) is 0 Å². The Morgan fingerprint density at radius 3 is 2.62 bits per heavy atom. The van der Waals surface area contributed by atoms with E-state index in [1.165, 1.54) is 18.4 Å². The molecule has 0 spiro atoms. The summed E-state index contributed by atoms with van der Waals surface area (Å²) < 4.78 is 23.8. The first-order valence-electron chi connectivity index (χ1n) is 6.45. The van der Waals surface area contributed by atoms with Gasteiger partial charge in [-0.15, -0.1) is 10.2 Å². The van der Waals surface area contributed by atoms with Crippen molar-refractivity contribution in [1.82, 2.24) is 15.2 Å². The van der Waals surface area contributed by atoms with Crippen LogP contribution in [0.2, 0.25) is 0 Å². The van der Waals surface area contributed by atoms with Crippen molar-refractivity contribution in [3.05, 3.63) is 48.5 Å². The number of furan rings is 1. The van der Waals surface area contributed by atoms with Crippen LogP contribution in [0.25, 0.3) is 22.8 Å². The van der Waals surface area contributed by atoms with Crippen molar-refractivity contribution in [3.8, 4) is 28.7 Å². The molecule has 0 bridgehead atoms. The van der Waals surface area contributed by atoms with Crippen molar-refractivity contribution in [2.24, 2.45) is 0 Å². The van der Waals surface area contributed by atoms with Crippen LogP contribution in [0.15, 0.2) is 47.1 Å². The molecule has 0 N–H and O–H groups in total. The summed E-state index contributed by atoms with van der Waals surface area (Å²) >= 11 is 0. The molecule has 0 aliphatic heterocycles. The fraction of sp³-hybridized carbons (Fsp3) is 0.133. The fourth-order valence-electron chi connectivity index (χ4n) is 1.85. The summed E-state index contributed by atoms with van der Waals surface area (Å²) in [4.78, 5) is 4.32. The van der Waals surface area contributed by atoms with Gasteiger partial charge in [0.2, 0.25) is 11.7 Å². The summed E-state index contributed by atoms with van der Waals surface area (Å²) in [6.45, 7) is 2.29. The van der Waals surface area contributed by atoms with E-state index in [0.29, 0.717) is 35.3 Å². The third kappa shape index (κ3) is 2.74. The van der Waals surface area contributed by atoms with Gasteiger partial charge in [-0.25, -0.2) is 4.39 Å². The predicted molar refractivity (Wildman–Crippen MR) is 74.1 cm³/mol. The van der Waals surface area contributed by atoms with Gasteiger partial charge in [0.25, 0.3) is 0 Å². The Hall–Kier alpha value is -2.76. The number of ether oxygens (including phenoxy) is 1. The Morgan fingerprint density at radius 1 is 1.14 bits per heavy atom. The molecule has 3 aromatic rings. The summed E-state index contributed by atoms with van der Waals surface area (Å²) in [5, 5.41) is 8.17. The van der Waals surface area contributed by atoms with E-state index < -0.39 is 0 Å². The van der Waals surface area contributed by atoms with Crippen molar-refractivity contribution in [3.63, 3.8) is 0 Å². The van der Waals surface area contributed by atoms with Crippen LogP contribution in [0.5, 0.6) is 5.88 Å². The molecule has 0 saturated carbocycles. The molecule has 0 unspecified atom stereocenters. The third-order valence-electron chi connectivity index (χ3n) is 2.80. The maximum absolute atomic E-state index is 13.0. The minimum atomic E-state index is -0.315. The van der Waals surface area contributed by atoms with Gasteiger partial charge in [0.15, 0.2) is 11.5 Å².